The number of carbonyl (C=O) groups excluding carboxylic acids is 1. The summed E-state index contributed by atoms with van der Waals surface area (Å²) in [6, 6.07) is 0. The largest absolute Gasteiger partial charge is 0.457 e. The van der Waals surface area contributed by atoms with E-state index in [2.05, 4.69) is 111 Å². The van der Waals surface area contributed by atoms with Crippen LogP contribution in [-0.2, 0) is 33.2 Å². The number of hydrogen-bond donors (Lipinski definition) is 7. The number of allylic oxidation sites excluding steroid dienone is 16. The Morgan fingerprint density at radius 2 is 0.878 bits per heavy atom. The lowest BCUT2D eigenvalue weighted by Gasteiger charge is -2.42. The average molecular weight is 1050 g/mol. The minimum atomic E-state index is -1.72. The van der Waals surface area contributed by atoms with Gasteiger partial charge in [-0.2, -0.15) is 0 Å². The number of esters is 1. The van der Waals surface area contributed by atoms with Crippen molar-refractivity contribution in [3.63, 3.8) is 0 Å². The predicted octanol–water partition coefficient (Wildman–Crippen LogP) is 9.80. The minimum Gasteiger partial charge on any atom is -0.457 e. The summed E-state index contributed by atoms with van der Waals surface area (Å²) in [5, 5.41) is 72.3. The molecule has 0 bridgehead atoms. The Labute approximate surface area is 445 Å². The molecule has 2 saturated heterocycles. The van der Waals surface area contributed by atoms with Crippen LogP contribution in [0, 0.1) is 0 Å². The fourth-order valence-electron chi connectivity index (χ4n) is 8.25. The number of aliphatic hydroxyl groups is 7. The zero-order valence-corrected chi connectivity index (χ0v) is 45.3. The third kappa shape index (κ3) is 32.5. The molecule has 0 aromatic carbocycles. The highest BCUT2D eigenvalue weighted by atomic mass is 16.7. The summed E-state index contributed by atoms with van der Waals surface area (Å²) in [5.74, 6) is -0.399. The molecule has 0 aromatic rings. The summed E-state index contributed by atoms with van der Waals surface area (Å²) in [4.78, 5) is 13.1. The Hall–Kier alpha value is -3.09. The molecule has 0 aromatic heterocycles. The first-order chi connectivity index (χ1) is 36.1. The van der Waals surface area contributed by atoms with E-state index in [1.165, 1.54) is 25.7 Å². The summed E-state index contributed by atoms with van der Waals surface area (Å²) < 4.78 is 34.3. The van der Waals surface area contributed by atoms with E-state index in [4.69, 9.17) is 28.4 Å². The third-order valence-corrected chi connectivity index (χ3v) is 12.8. The molecule has 0 aliphatic carbocycles. The second kappa shape index (κ2) is 46.0. The van der Waals surface area contributed by atoms with Crippen molar-refractivity contribution in [1.29, 1.82) is 0 Å². The van der Waals surface area contributed by atoms with Crippen molar-refractivity contribution >= 4 is 5.97 Å². The topological polar surface area (TPSA) is 214 Å². The molecular formula is C60H100O14. The van der Waals surface area contributed by atoms with Gasteiger partial charge in [-0.05, 0) is 89.9 Å². The van der Waals surface area contributed by atoms with E-state index in [1.54, 1.807) is 0 Å². The van der Waals surface area contributed by atoms with Gasteiger partial charge in [-0.3, -0.25) is 4.79 Å². The lowest BCUT2D eigenvalue weighted by Crippen LogP contribution is -2.61. The van der Waals surface area contributed by atoms with Gasteiger partial charge in [0, 0.05) is 13.0 Å². The second-order valence-electron chi connectivity index (χ2n) is 19.4. The van der Waals surface area contributed by atoms with E-state index in [-0.39, 0.29) is 19.6 Å². The van der Waals surface area contributed by atoms with Gasteiger partial charge in [-0.15, -0.1) is 0 Å². The Morgan fingerprint density at radius 3 is 1.38 bits per heavy atom. The zero-order chi connectivity index (χ0) is 53.7. The van der Waals surface area contributed by atoms with Gasteiger partial charge in [0.25, 0.3) is 0 Å². The van der Waals surface area contributed by atoms with E-state index in [0.717, 1.165) is 122 Å². The predicted molar refractivity (Wildman–Crippen MR) is 293 cm³/mol. The molecule has 11 unspecified atom stereocenters. The van der Waals surface area contributed by atoms with Crippen molar-refractivity contribution in [3.05, 3.63) is 97.2 Å². The van der Waals surface area contributed by atoms with E-state index in [0.29, 0.717) is 13.0 Å². The number of unbranched alkanes of at least 4 members (excludes halogenated alkanes) is 14. The SMILES string of the molecule is CC/C=C\C/C=C\C/C=C\C/C=C\C/C=C\C/C=C\CCCCCCCCC(=O)OC(COCCCCCCCC/C=C\C/C=C\CCCC)COC1OC(COC2OC(CO)C(O)C(O)C2O)C(O)C(O)C1O. The summed E-state index contributed by atoms with van der Waals surface area (Å²) in [6.45, 7) is 3.47. The van der Waals surface area contributed by atoms with Crippen LogP contribution in [0.15, 0.2) is 97.2 Å². The molecule has 2 aliphatic rings. The fraction of sp³-hybridized carbons (Fsp3) is 0.717. The molecule has 2 aliphatic heterocycles. The first kappa shape index (κ1) is 67.0. The van der Waals surface area contributed by atoms with Crippen LogP contribution in [0.25, 0.3) is 0 Å². The van der Waals surface area contributed by atoms with Crippen molar-refractivity contribution in [1.82, 2.24) is 0 Å². The van der Waals surface area contributed by atoms with Gasteiger partial charge in [0.05, 0.1) is 26.4 Å². The smallest absolute Gasteiger partial charge is 0.306 e. The van der Waals surface area contributed by atoms with Crippen molar-refractivity contribution < 1.29 is 69.0 Å². The fourth-order valence-corrected chi connectivity index (χ4v) is 8.25. The second-order valence-corrected chi connectivity index (χ2v) is 19.4. The Kier molecular flexibility index (Phi) is 41.7. The number of carbonyl (C=O) groups is 1. The summed E-state index contributed by atoms with van der Waals surface area (Å²) in [6.07, 6.45) is 44.6. The van der Waals surface area contributed by atoms with Gasteiger partial charge >= 0.3 is 5.97 Å². The molecule has 2 heterocycles. The number of ether oxygens (including phenoxy) is 6. The Morgan fingerprint density at radius 1 is 0.459 bits per heavy atom. The lowest BCUT2D eigenvalue weighted by atomic mass is 9.98. The molecule has 2 rings (SSSR count). The van der Waals surface area contributed by atoms with Crippen LogP contribution in [0.4, 0.5) is 0 Å². The third-order valence-electron chi connectivity index (χ3n) is 12.8. The molecule has 0 saturated carbocycles. The molecule has 424 valence electrons. The molecule has 0 spiro atoms. The molecule has 0 amide bonds. The van der Waals surface area contributed by atoms with Gasteiger partial charge in [0.1, 0.15) is 54.9 Å². The number of aliphatic hydroxyl groups excluding tert-OH is 7. The lowest BCUT2D eigenvalue weighted by molar-refractivity contribution is -0.332. The highest BCUT2D eigenvalue weighted by molar-refractivity contribution is 5.69. The molecule has 0 radical (unpaired) electrons. The normalized spacial score (nSPS) is 25.5. The van der Waals surface area contributed by atoms with E-state index >= 15 is 0 Å². The van der Waals surface area contributed by atoms with Crippen molar-refractivity contribution in [2.24, 2.45) is 0 Å². The van der Waals surface area contributed by atoms with E-state index in [9.17, 15) is 40.5 Å². The molecule has 74 heavy (non-hydrogen) atoms. The summed E-state index contributed by atoms with van der Waals surface area (Å²) in [7, 11) is 0. The monoisotopic (exact) mass is 1040 g/mol. The Balaban J connectivity index is 1.73. The summed E-state index contributed by atoms with van der Waals surface area (Å²) in [5.41, 5.74) is 0. The van der Waals surface area contributed by atoms with Gasteiger partial charge in [-0.1, -0.05) is 175 Å². The maximum absolute atomic E-state index is 13.1. The van der Waals surface area contributed by atoms with Crippen LogP contribution < -0.4 is 0 Å². The van der Waals surface area contributed by atoms with Crippen molar-refractivity contribution in [3.8, 4) is 0 Å². The van der Waals surface area contributed by atoms with Crippen molar-refractivity contribution in [2.75, 3.05) is 33.0 Å². The highest BCUT2D eigenvalue weighted by Gasteiger charge is 2.47. The standard InChI is InChI=1S/C60H100O14/c1-3-5-7-9-11-13-15-17-19-20-21-22-23-24-25-26-27-28-29-31-33-35-37-39-41-43-52(62)72-49(46-69-44-42-40-38-36-34-32-30-18-16-14-12-10-8-6-4-2)47-70-59-58(68)56(66)54(64)51(74-59)48-71-60-57(67)55(65)53(63)50(45-61)73-60/h5,7,10-13,16-19,21-22,24-25,27-28,49-51,53-61,63-68H,3-4,6,8-9,14-15,20,23,26,29-48H2,1-2H3/b7-5-,12-10-,13-11-,18-16-,19-17-,22-21-,25-24-,28-27-. The van der Waals surface area contributed by atoms with Crippen LogP contribution in [0.3, 0.4) is 0 Å². The van der Waals surface area contributed by atoms with Gasteiger partial charge in [-0.25, -0.2) is 0 Å². The first-order valence-electron chi connectivity index (χ1n) is 28.3. The first-order valence-corrected chi connectivity index (χ1v) is 28.3. The van der Waals surface area contributed by atoms with Crippen LogP contribution in [0.1, 0.15) is 174 Å². The molecule has 14 heteroatoms. The summed E-state index contributed by atoms with van der Waals surface area (Å²) >= 11 is 0. The molecule has 7 N–H and O–H groups in total. The molecule has 2 fully saturated rings. The maximum atomic E-state index is 13.1. The van der Waals surface area contributed by atoms with Crippen molar-refractivity contribution in [2.45, 2.75) is 242 Å². The molecule has 11 atom stereocenters. The average Bonchev–Trinajstić information content (AvgIpc) is 3.40. The number of rotatable bonds is 44. The molecule has 14 nitrogen and oxygen atoms in total. The molecular weight excluding hydrogens is 945 g/mol. The quantitative estimate of drug-likeness (QED) is 0.0172. The Bertz CT molecular complexity index is 1590. The van der Waals surface area contributed by atoms with Gasteiger partial charge in [0.15, 0.2) is 12.6 Å². The van der Waals surface area contributed by atoms with Crippen LogP contribution in [-0.4, -0.2) is 142 Å². The van der Waals surface area contributed by atoms with Gasteiger partial charge in [0.2, 0.25) is 0 Å². The van der Waals surface area contributed by atoms with E-state index in [1.807, 2.05) is 0 Å². The van der Waals surface area contributed by atoms with Crippen LogP contribution in [0.2, 0.25) is 0 Å². The van der Waals surface area contributed by atoms with Gasteiger partial charge < -0.3 is 64.2 Å². The highest BCUT2D eigenvalue weighted by Crippen LogP contribution is 2.26. The maximum Gasteiger partial charge on any atom is 0.306 e. The number of hydrogen-bond acceptors (Lipinski definition) is 14. The zero-order valence-electron chi connectivity index (χ0n) is 45.3. The minimum absolute atomic E-state index is 0.0419. The van der Waals surface area contributed by atoms with Crippen LogP contribution >= 0.6 is 0 Å². The van der Waals surface area contributed by atoms with Crippen LogP contribution in [0.5, 0.6) is 0 Å². The van der Waals surface area contributed by atoms with E-state index < -0.39 is 86.7 Å².